The normalized spacial score (nSPS) is 14.9. The van der Waals surface area contributed by atoms with Crippen LogP contribution in [0.15, 0.2) is 182 Å². The lowest BCUT2D eigenvalue weighted by molar-refractivity contribution is -0.140. The number of aromatic nitrogens is 3. The molecule has 0 radical (unpaired) electrons. The molecule has 2 heterocycles. The number of rotatable bonds is 19. The molecule has 2 aromatic heterocycles. The van der Waals surface area contributed by atoms with Gasteiger partial charge in [0, 0.05) is 36.0 Å². The number of aliphatic carboxylic acids is 2. The lowest BCUT2D eigenvalue weighted by Gasteiger charge is -2.16. The molecule has 0 aliphatic heterocycles. The lowest BCUT2D eigenvalue weighted by atomic mass is 9.90. The second-order valence-electron chi connectivity index (χ2n) is 19.4. The van der Waals surface area contributed by atoms with E-state index in [-0.39, 0.29) is 11.8 Å². The van der Waals surface area contributed by atoms with Crippen LogP contribution in [0.2, 0.25) is 0 Å². The van der Waals surface area contributed by atoms with E-state index >= 15 is 0 Å². The van der Waals surface area contributed by atoms with Gasteiger partial charge in [0.1, 0.15) is 0 Å². The fourth-order valence-electron chi connectivity index (χ4n) is 10.0. The van der Waals surface area contributed by atoms with Gasteiger partial charge in [0.2, 0.25) is 0 Å². The second kappa shape index (κ2) is 21.7. The molecule has 2 unspecified atom stereocenters. The summed E-state index contributed by atoms with van der Waals surface area (Å²) in [5.74, 6) is -1.46. The summed E-state index contributed by atoms with van der Waals surface area (Å²) in [6.07, 6.45) is 12.8. The van der Waals surface area contributed by atoms with Crippen molar-refractivity contribution in [3.8, 4) is 44.5 Å². The van der Waals surface area contributed by atoms with Crippen molar-refractivity contribution in [2.75, 3.05) is 0 Å². The number of aryl methyl sites for hydroxylation is 3. The van der Waals surface area contributed by atoms with Gasteiger partial charge >= 0.3 is 11.9 Å². The molecule has 71 heavy (non-hydrogen) atoms. The van der Waals surface area contributed by atoms with E-state index in [0.29, 0.717) is 25.7 Å². The van der Waals surface area contributed by atoms with Crippen LogP contribution in [0, 0.1) is 0 Å². The summed E-state index contributed by atoms with van der Waals surface area (Å²) in [6.45, 7) is 0. The largest absolute Gasteiger partial charge is 0.481 e. The van der Waals surface area contributed by atoms with Crippen molar-refractivity contribution in [2.45, 2.75) is 93.7 Å². The van der Waals surface area contributed by atoms with Crippen molar-refractivity contribution in [2.24, 2.45) is 7.05 Å². The third kappa shape index (κ3) is 11.4. The standard InChI is InChI=1S/C31H32N2O3.C31H29NO3/c1-33-30(28(34)9-5-8-22-6-3-2-4-7-22)27(21-32-33)25-12-10-23(11-13-25)24-14-16-26(17-15-24)31(18-19-31)20-29(35)36;33-29(8-4-7-22-5-2-1-3-6-22)28-21-32-20-17-27(28)25-11-9-23(10-12-25)24-13-15-26(16-14-24)31(18-19-31)30(34)35/h2-4,6-7,10-17,21,28,34H,5,8-9,18-20H2,1H3,(H,35,36);1-3,5-6,9-17,20-21,29,33H,4,7-8,18-19H2,(H,34,35). The quantitative estimate of drug-likeness (QED) is 0.0627. The van der Waals surface area contributed by atoms with Gasteiger partial charge in [0.15, 0.2) is 0 Å². The van der Waals surface area contributed by atoms with Gasteiger partial charge < -0.3 is 20.4 Å². The molecule has 0 amide bonds. The van der Waals surface area contributed by atoms with Crippen LogP contribution in [-0.4, -0.2) is 47.1 Å². The third-order valence-corrected chi connectivity index (χ3v) is 14.6. The molecule has 8 aromatic rings. The van der Waals surface area contributed by atoms with Gasteiger partial charge in [-0.05, 0) is 131 Å². The number of carboxylic acid groups (broad SMARTS) is 2. The number of benzene rings is 6. The average molecular weight is 944 g/mol. The summed E-state index contributed by atoms with van der Waals surface area (Å²) < 4.78 is 1.78. The van der Waals surface area contributed by atoms with Gasteiger partial charge in [0.05, 0.1) is 35.9 Å². The molecule has 9 nitrogen and oxygen atoms in total. The highest BCUT2D eigenvalue weighted by atomic mass is 16.4. The van der Waals surface area contributed by atoms with E-state index in [0.717, 1.165) is 105 Å². The van der Waals surface area contributed by atoms with Crippen molar-refractivity contribution in [3.05, 3.63) is 216 Å². The van der Waals surface area contributed by atoms with Crippen LogP contribution in [0.5, 0.6) is 0 Å². The lowest BCUT2D eigenvalue weighted by Crippen LogP contribution is -2.19. The summed E-state index contributed by atoms with van der Waals surface area (Å²) in [5, 5.41) is 45.1. The summed E-state index contributed by atoms with van der Waals surface area (Å²) in [5.41, 5.74) is 13.7. The maximum Gasteiger partial charge on any atom is 0.314 e. The molecule has 10 rings (SSSR count). The minimum absolute atomic E-state index is 0.174. The summed E-state index contributed by atoms with van der Waals surface area (Å²) in [4.78, 5) is 27.1. The molecule has 2 fully saturated rings. The first-order chi connectivity index (χ1) is 34.5. The van der Waals surface area contributed by atoms with E-state index in [1.54, 1.807) is 17.1 Å². The van der Waals surface area contributed by atoms with Crippen LogP contribution >= 0.6 is 0 Å². The van der Waals surface area contributed by atoms with E-state index in [2.05, 4.69) is 107 Å². The zero-order valence-electron chi connectivity index (χ0n) is 40.2. The Kier molecular flexibility index (Phi) is 14.8. The van der Waals surface area contributed by atoms with E-state index in [1.807, 2.05) is 80.0 Å². The van der Waals surface area contributed by atoms with Crippen molar-refractivity contribution < 1.29 is 30.0 Å². The molecule has 2 atom stereocenters. The van der Waals surface area contributed by atoms with Crippen molar-refractivity contribution in [1.82, 2.24) is 14.8 Å². The molecule has 0 bridgehead atoms. The molecule has 2 aliphatic rings. The topological polar surface area (TPSA) is 146 Å². The SMILES string of the molecule is Cn1ncc(-c2ccc(-c3ccc(C4(CC(=O)O)CC4)cc3)cc2)c1C(O)CCCc1ccccc1.O=C(O)C1(c2ccc(-c3ccc(-c4ccncc4C(O)CCCc4ccccc4)cc3)cc2)CC1. The van der Waals surface area contributed by atoms with Crippen LogP contribution in [0.25, 0.3) is 44.5 Å². The molecule has 2 aliphatic carbocycles. The molecular weight excluding hydrogens is 883 g/mol. The van der Waals surface area contributed by atoms with Crippen LogP contribution in [0.4, 0.5) is 0 Å². The van der Waals surface area contributed by atoms with Crippen molar-refractivity contribution >= 4 is 11.9 Å². The number of aliphatic hydroxyl groups excluding tert-OH is 2. The highest BCUT2D eigenvalue weighted by Crippen LogP contribution is 2.51. The predicted octanol–water partition coefficient (Wildman–Crippen LogP) is 12.9. The Bertz CT molecular complexity index is 3030. The maximum atomic E-state index is 11.6. The van der Waals surface area contributed by atoms with Crippen molar-refractivity contribution in [1.29, 1.82) is 0 Å². The summed E-state index contributed by atoms with van der Waals surface area (Å²) >= 11 is 0. The molecule has 2 saturated carbocycles. The Morgan fingerprint density at radius 1 is 0.549 bits per heavy atom. The monoisotopic (exact) mass is 943 g/mol. The van der Waals surface area contributed by atoms with Gasteiger partial charge in [-0.2, -0.15) is 5.10 Å². The summed E-state index contributed by atoms with van der Waals surface area (Å²) in [6, 6.07) is 55.5. The molecule has 360 valence electrons. The number of nitrogens with zero attached hydrogens (tertiary/aromatic N) is 3. The van der Waals surface area contributed by atoms with Gasteiger partial charge in [-0.3, -0.25) is 19.3 Å². The smallest absolute Gasteiger partial charge is 0.314 e. The van der Waals surface area contributed by atoms with Gasteiger partial charge in [0.25, 0.3) is 0 Å². The third-order valence-electron chi connectivity index (χ3n) is 14.6. The van der Waals surface area contributed by atoms with E-state index in [4.69, 9.17) is 0 Å². The number of pyridine rings is 1. The first kappa shape index (κ1) is 48.6. The van der Waals surface area contributed by atoms with E-state index in [1.165, 1.54) is 11.1 Å². The fourth-order valence-corrected chi connectivity index (χ4v) is 10.0. The number of carboxylic acids is 2. The molecule has 6 aromatic carbocycles. The minimum atomic E-state index is -0.733. The van der Waals surface area contributed by atoms with E-state index in [9.17, 15) is 30.0 Å². The Balaban J connectivity index is 0.000000176. The Hall–Kier alpha value is -7.46. The Morgan fingerprint density at radius 3 is 1.49 bits per heavy atom. The number of aliphatic hydroxyl groups is 2. The predicted molar refractivity (Wildman–Crippen MR) is 280 cm³/mol. The van der Waals surface area contributed by atoms with Crippen LogP contribution < -0.4 is 0 Å². The van der Waals surface area contributed by atoms with Crippen LogP contribution in [0.3, 0.4) is 0 Å². The molecular formula is C62H61N3O6. The molecule has 9 heteroatoms. The zero-order valence-corrected chi connectivity index (χ0v) is 40.2. The van der Waals surface area contributed by atoms with E-state index < -0.39 is 29.6 Å². The molecule has 4 N–H and O–H groups in total. The van der Waals surface area contributed by atoms with Crippen LogP contribution in [-0.2, 0) is 40.3 Å². The number of carbonyl (C=O) groups is 2. The fraction of sp³-hybridized carbons (Fsp3) is 0.258. The van der Waals surface area contributed by atoms with Gasteiger partial charge in [-0.1, -0.05) is 158 Å². The average Bonchev–Trinajstić information content (AvgIpc) is 4.34. The molecule has 0 spiro atoms. The van der Waals surface area contributed by atoms with Gasteiger partial charge in [-0.25, -0.2) is 0 Å². The number of hydrogen-bond donors (Lipinski definition) is 4. The van der Waals surface area contributed by atoms with Crippen LogP contribution in [0.1, 0.15) is 104 Å². The second-order valence-corrected chi connectivity index (χ2v) is 19.4. The zero-order chi connectivity index (χ0) is 49.4. The van der Waals surface area contributed by atoms with Gasteiger partial charge in [-0.15, -0.1) is 0 Å². The Labute approximate surface area is 416 Å². The Morgan fingerprint density at radius 2 is 1.01 bits per heavy atom. The minimum Gasteiger partial charge on any atom is -0.481 e. The first-order valence-corrected chi connectivity index (χ1v) is 24.8. The highest BCUT2D eigenvalue weighted by Gasteiger charge is 2.51. The highest BCUT2D eigenvalue weighted by molar-refractivity contribution is 5.85. The maximum absolute atomic E-state index is 11.6. The molecule has 0 saturated heterocycles. The number of hydrogen-bond acceptors (Lipinski definition) is 6. The summed E-state index contributed by atoms with van der Waals surface area (Å²) in [7, 11) is 1.88. The first-order valence-electron chi connectivity index (χ1n) is 24.8. The van der Waals surface area contributed by atoms with Crippen molar-refractivity contribution in [3.63, 3.8) is 0 Å².